The van der Waals surface area contributed by atoms with Crippen LogP contribution in [0.1, 0.15) is 19.4 Å². The molecule has 0 unspecified atom stereocenters. The molecule has 24 heavy (non-hydrogen) atoms. The highest BCUT2D eigenvalue weighted by molar-refractivity contribution is 9.10. The molecule has 0 aliphatic carbocycles. The third-order valence-corrected chi connectivity index (χ3v) is 5.02. The zero-order valence-electron chi connectivity index (χ0n) is 14.4. The highest BCUT2D eigenvalue weighted by Crippen LogP contribution is 2.29. The Bertz CT molecular complexity index is 652. The topological polar surface area (TPSA) is 15.7 Å². The van der Waals surface area contributed by atoms with Crippen molar-refractivity contribution < 1.29 is 4.74 Å². The Hall–Kier alpha value is -1.36. The van der Waals surface area contributed by atoms with Gasteiger partial charge in [0.2, 0.25) is 0 Å². The van der Waals surface area contributed by atoms with E-state index in [1.165, 1.54) is 5.56 Å². The number of hydrogen-bond donors (Lipinski definition) is 0. The van der Waals surface area contributed by atoms with Crippen molar-refractivity contribution in [2.45, 2.75) is 26.4 Å². The Morgan fingerprint density at radius 3 is 2.38 bits per heavy atom. The summed E-state index contributed by atoms with van der Waals surface area (Å²) in [7, 11) is 0. The Morgan fingerprint density at radius 2 is 1.71 bits per heavy atom. The van der Waals surface area contributed by atoms with Crippen molar-refractivity contribution in [3.05, 3.63) is 58.6 Å². The number of halogens is 1. The maximum absolute atomic E-state index is 6.12. The predicted octanol–water partition coefficient (Wildman–Crippen LogP) is 4.77. The van der Waals surface area contributed by atoms with E-state index in [0.717, 1.165) is 48.7 Å². The summed E-state index contributed by atoms with van der Waals surface area (Å²) in [4.78, 5) is 5.05. The normalized spacial score (nSPS) is 16.5. The number of hydrogen-bond acceptors (Lipinski definition) is 3. The summed E-state index contributed by atoms with van der Waals surface area (Å²) in [6.45, 7) is 9.98. The molecule has 0 bridgehead atoms. The number of benzene rings is 2. The van der Waals surface area contributed by atoms with Crippen LogP contribution in [0.2, 0.25) is 0 Å². The summed E-state index contributed by atoms with van der Waals surface area (Å²) in [5.74, 6) is 1.81. The van der Waals surface area contributed by atoms with Gasteiger partial charge in [0, 0.05) is 48.8 Å². The van der Waals surface area contributed by atoms with Crippen molar-refractivity contribution in [3.63, 3.8) is 0 Å². The fourth-order valence-corrected chi connectivity index (χ4v) is 3.39. The molecule has 1 heterocycles. The average molecular weight is 389 g/mol. The lowest BCUT2D eigenvalue weighted by Gasteiger charge is -2.37. The van der Waals surface area contributed by atoms with Gasteiger partial charge in [0.05, 0.1) is 0 Å². The van der Waals surface area contributed by atoms with Crippen LogP contribution in [0.15, 0.2) is 53.0 Å². The predicted molar refractivity (Wildman–Crippen MR) is 103 cm³/mol. The lowest BCUT2D eigenvalue weighted by atomic mass is 10.1. The summed E-state index contributed by atoms with van der Waals surface area (Å²) in [5.41, 5.74) is 1.24. The van der Waals surface area contributed by atoms with Crippen LogP contribution in [0.5, 0.6) is 11.5 Å². The maximum Gasteiger partial charge on any atom is 0.133 e. The van der Waals surface area contributed by atoms with E-state index in [4.69, 9.17) is 4.74 Å². The molecule has 0 spiro atoms. The minimum atomic E-state index is 0.636. The van der Waals surface area contributed by atoms with Crippen LogP contribution in [0.3, 0.4) is 0 Å². The first-order valence-corrected chi connectivity index (χ1v) is 9.39. The molecule has 0 atom stereocenters. The van der Waals surface area contributed by atoms with Gasteiger partial charge in [0.1, 0.15) is 11.5 Å². The summed E-state index contributed by atoms with van der Waals surface area (Å²) in [5, 5.41) is 0. The summed E-state index contributed by atoms with van der Waals surface area (Å²) >= 11 is 3.56. The van der Waals surface area contributed by atoms with Gasteiger partial charge in [-0.05, 0) is 38.1 Å². The van der Waals surface area contributed by atoms with Crippen LogP contribution in [0.4, 0.5) is 0 Å². The van der Waals surface area contributed by atoms with Crippen LogP contribution in [-0.4, -0.2) is 42.0 Å². The number of para-hydroxylation sites is 1. The zero-order valence-corrected chi connectivity index (χ0v) is 16.0. The van der Waals surface area contributed by atoms with Crippen molar-refractivity contribution in [2.75, 3.05) is 26.2 Å². The van der Waals surface area contributed by atoms with Crippen LogP contribution in [-0.2, 0) is 6.54 Å². The number of ether oxygens (including phenoxy) is 1. The SMILES string of the molecule is CC(C)N1CCN(Cc2ccc(Br)cc2Oc2ccccc2)CC1. The second-order valence-corrected chi connectivity index (χ2v) is 7.49. The number of piperazine rings is 1. The van der Waals surface area contributed by atoms with E-state index in [-0.39, 0.29) is 0 Å². The van der Waals surface area contributed by atoms with E-state index in [2.05, 4.69) is 57.8 Å². The highest BCUT2D eigenvalue weighted by atomic mass is 79.9. The minimum absolute atomic E-state index is 0.636. The zero-order chi connectivity index (χ0) is 16.9. The van der Waals surface area contributed by atoms with Gasteiger partial charge in [-0.3, -0.25) is 9.80 Å². The van der Waals surface area contributed by atoms with Gasteiger partial charge in [0.25, 0.3) is 0 Å². The van der Waals surface area contributed by atoms with E-state index in [0.29, 0.717) is 6.04 Å². The molecule has 128 valence electrons. The van der Waals surface area contributed by atoms with Crippen molar-refractivity contribution in [3.8, 4) is 11.5 Å². The largest absolute Gasteiger partial charge is 0.457 e. The molecule has 2 aromatic carbocycles. The molecule has 4 heteroatoms. The molecule has 0 aromatic heterocycles. The van der Waals surface area contributed by atoms with Gasteiger partial charge >= 0.3 is 0 Å². The molecule has 0 N–H and O–H groups in total. The van der Waals surface area contributed by atoms with Crippen molar-refractivity contribution >= 4 is 15.9 Å². The Kier molecular flexibility index (Phi) is 5.93. The molecule has 1 aliphatic heterocycles. The first-order valence-electron chi connectivity index (χ1n) is 8.59. The van der Waals surface area contributed by atoms with E-state index in [1.807, 2.05) is 30.3 Å². The van der Waals surface area contributed by atoms with Gasteiger partial charge in [-0.25, -0.2) is 0 Å². The molecule has 1 saturated heterocycles. The van der Waals surface area contributed by atoms with Crippen molar-refractivity contribution in [1.82, 2.24) is 9.80 Å². The quantitative estimate of drug-likeness (QED) is 0.733. The van der Waals surface area contributed by atoms with Crippen LogP contribution < -0.4 is 4.74 Å². The Labute approximate surface area is 153 Å². The smallest absolute Gasteiger partial charge is 0.133 e. The van der Waals surface area contributed by atoms with Crippen LogP contribution in [0.25, 0.3) is 0 Å². The van der Waals surface area contributed by atoms with Gasteiger partial charge in [-0.1, -0.05) is 40.2 Å². The van der Waals surface area contributed by atoms with Gasteiger partial charge in [-0.2, -0.15) is 0 Å². The molecule has 0 radical (unpaired) electrons. The van der Waals surface area contributed by atoms with Crippen LogP contribution in [0, 0.1) is 0 Å². The summed E-state index contributed by atoms with van der Waals surface area (Å²) in [6.07, 6.45) is 0. The first-order chi connectivity index (χ1) is 11.6. The fraction of sp³-hybridized carbons (Fsp3) is 0.400. The molecular weight excluding hydrogens is 364 g/mol. The Morgan fingerprint density at radius 1 is 1.00 bits per heavy atom. The molecule has 2 aromatic rings. The highest BCUT2D eigenvalue weighted by Gasteiger charge is 2.20. The molecule has 0 amide bonds. The molecular formula is C20H25BrN2O. The van der Waals surface area contributed by atoms with Crippen LogP contribution >= 0.6 is 15.9 Å². The van der Waals surface area contributed by atoms with E-state index in [1.54, 1.807) is 0 Å². The second-order valence-electron chi connectivity index (χ2n) is 6.57. The van der Waals surface area contributed by atoms with E-state index in [9.17, 15) is 0 Å². The van der Waals surface area contributed by atoms with E-state index >= 15 is 0 Å². The summed E-state index contributed by atoms with van der Waals surface area (Å²) in [6, 6.07) is 16.9. The molecule has 1 aliphatic rings. The van der Waals surface area contributed by atoms with Gasteiger partial charge in [-0.15, -0.1) is 0 Å². The third kappa shape index (κ3) is 4.59. The lowest BCUT2D eigenvalue weighted by molar-refractivity contribution is 0.103. The molecule has 3 nitrogen and oxygen atoms in total. The van der Waals surface area contributed by atoms with Gasteiger partial charge < -0.3 is 4.74 Å². The second kappa shape index (κ2) is 8.15. The van der Waals surface area contributed by atoms with E-state index < -0.39 is 0 Å². The summed E-state index contributed by atoms with van der Waals surface area (Å²) < 4.78 is 7.17. The lowest BCUT2D eigenvalue weighted by Crippen LogP contribution is -2.48. The standard InChI is InChI=1S/C20H25BrN2O/c1-16(2)23-12-10-22(11-13-23)15-17-8-9-18(21)14-20(17)24-19-6-4-3-5-7-19/h3-9,14,16H,10-13,15H2,1-2H3. The number of nitrogens with zero attached hydrogens (tertiary/aromatic N) is 2. The molecule has 3 rings (SSSR count). The number of rotatable bonds is 5. The molecule has 1 fully saturated rings. The maximum atomic E-state index is 6.12. The van der Waals surface area contributed by atoms with Gasteiger partial charge in [0.15, 0.2) is 0 Å². The minimum Gasteiger partial charge on any atom is -0.457 e. The van der Waals surface area contributed by atoms with Crippen molar-refractivity contribution in [2.24, 2.45) is 0 Å². The third-order valence-electron chi connectivity index (χ3n) is 4.53. The molecule has 0 saturated carbocycles. The first kappa shape index (κ1) is 17.5. The van der Waals surface area contributed by atoms with Crippen molar-refractivity contribution in [1.29, 1.82) is 0 Å². The monoisotopic (exact) mass is 388 g/mol. The fourth-order valence-electron chi connectivity index (χ4n) is 3.05. The average Bonchev–Trinajstić information content (AvgIpc) is 2.59. The Balaban J connectivity index is 1.69.